The summed E-state index contributed by atoms with van der Waals surface area (Å²) in [6.07, 6.45) is 26.4. The first-order valence-corrected chi connectivity index (χ1v) is 12.6. The monoisotopic (exact) mass is 478 g/mol. The molecule has 0 atom stereocenters. The number of hydrogen-bond acceptors (Lipinski definition) is 4. The van der Waals surface area contributed by atoms with E-state index in [1.807, 2.05) is 0 Å². The van der Waals surface area contributed by atoms with Crippen LogP contribution in [0.2, 0.25) is 0 Å². The van der Waals surface area contributed by atoms with Crippen molar-refractivity contribution in [1.29, 1.82) is 0 Å². The minimum absolute atomic E-state index is 0. The number of aliphatic carboxylic acids is 2. The summed E-state index contributed by atoms with van der Waals surface area (Å²) >= 11 is 0. The molecule has 0 heterocycles. The number of carbonyl (C=O) groups excluding carboxylic acids is 2. The van der Waals surface area contributed by atoms with Crippen LogP contribution in [-0.4, -0.2) is 11.9 Å². The van der Waals surface area contributed by atoms with E-state index >= 15 is 0 Å². The fraction of sp³-hybridized carbons (Fsp3) is 0.885. The minimum Gasteiger partial charge on any atom is -0.550 e. The van der Waals surface area contributed by atoms with Gasteiger partial charge in [-0.15, -0.1) is 0 Å². The average Bonchev–Trinajstić information content (AvgIpc) is 2.68. The van der Waals surface area contributed by atoms with Crippen molar-refractivity contribution < 1.29 is 97.8 Å². The second-order valence-corrected chi connectivity index (χ2v) is 8.68. The molecule has 33 heavy (non-hydrogen) atoms. The first-order chi connectivity index (χ1) is 14.4. The minimum atomic E-state index is -1.63. The molecule has 0 saturated heterocycles. The number of unbranched alkanes of at least 4 members (excludes halogenated alkanes) is 15. The van der Waals surface area contributed by atoms with Crippen molar-refractivity contribution >= 4 is 11.9 Å². The maximum absolute atomic E-state index is 9.28. The topological polar surface area (TPSA) is 80.3 Å². The maximum atomic E-state index is 9.28. The van der Waals surface area contributed by atoms with Crippen LogP contribution < -0.4 is 88.2 Å². The fourth-order valence-corrected chi connectivity index (χ4v) is 3.54. The maximum Gasteiger partial charge on any atom is 1.00 e. The van der Waals surface area contributed by atoms with Gasteiger partial charge in [-0.3, -0.25) is 0 Å². The van der Waals surface area contributed by atoms with Gasteiger partial charge in [0.15, 0.2) is 0 Å². The average molecular weight is 479 g/mol. The van der Waals surface area contributed by atoms with Crippen LogP contribution in [0.3, 0.4) is 0 Å². The predicted molar refractivity (Wildman–Crippen MR) is 123 cm³/mol. The zero-order valence-corrected chi connectivity index (χ0v) is 27.3. The predicted octanol–water partition coefficient (Wildman–Crippen LogP) is -3.08. The Morgan fingerprint density at radius 1 is 0.545 bits per heavy atom. The summed E-state index contributed by atoms with van der Waals surface area (Å²) in [5.74, 6) is -1.49. The Hall–Kier alpha value is 1.54. The molecule has 0 bridgehead atoms. The van der Waals surface area contributed by atoms with Crippen LogP contribution in [0.15, 0.2) is 0 Å². The van der Waals surface area contributed by atoms with E-state index in [4.69, 9.17) is 0 Å². The van der Waals surface area contributed by atoms with Crippen LogP contribution in [-0.2, 0) is 9.59 Å². The molecule has 0 aromatic heterocycles. The van der Waals surface area contributed by atoms with Gasteiger partial charge in [0.25, 0.3) is 0 Å². The van der Waals surface area contributed by atoms with Gasteiger partial charge in [-0.2, -0.15) is 19.8 Å². The van der Waals surface area contributed by atoms with E-state index in [1.165, 1.54) is 122 Å². The Morgan fingerprint density at radius 2 is 0.788 bits per heavy atom. The Kier molecular flexibility index (Phi) is 51.4. The first kappa shape index (κ1) is 44.5. The molecular formula is C26H49LiNa2O4. The summed E-state index contributed by atoms with van der Waals surface area (Å²) in [6.45, 7) is 6.99. The molecule has 0 aliphatic carbocycles. The standard InChI is InChI=1S/C23H47.C3H4O4.Li.2Na/c1-4-6-8-10-12-13-14-16-18-20-22-23(3)21-19-17-15-11-9-7-5-2;4-2(5)1-3(6)7;;;/h4-22H2,1-3H3;1H2,(H,4,5)(H,6,7);;;/q-1;;3*+1/p-2. The molecule has 0 aromatic carbocycles. The Labute approximate surface area is 262 Å². The van der Waals surface area contributed by atoms with Gasteiger partial charge in [-0.25, -0.2) is 0 Å². The number of carboxylic acids is 2. The van der Waals surface area contributed by atoms with Gasteiger partial charge < -0.3 is 25.7 Å². The van der Waals surface area contributed by atoms with Crippen LogP contribution in [0.4, 0.5) is 0 Å². The van der Waals surface area contributed by atoms with Crippen LogP contribution in [0.5, 0.6) is 0 Å². The summed E-state index contributed by atoms with van der Waals surface area (Å²) in [6, 6.07) is 0. The normalized spacial score (nSPS) is 9.70. The molecule has 0 N–H and O–H groups in total. The van der Waals surface area contributed by atoms with Crippen molar-refractivity contribution in [2.75, 3.05) is 0 Å². The molecule has 4 nitrogen and oxygen atoms in total. The van der Waals surface area contributed by atoms with E-state index in [9.17, 15) is 19.8 Å². The van der Waals surface area contributed by atoms with Gasteiger partial charge in [0.05, 0.1) is 0 Å². The van der Waals surface area contributed by atoms with Crippen molar-refractivity contribution in [2.45, 2.75) is 149 Å². The van der Waals surface area contributed by atoms with Gasteiger partial charge in [-0.1, -0.05) is 123 Å². The van der Waals surface area contributed by atoms with Crippen molar-refractivity contribution in [3.63, 3.8) is 0 Å². The number of carbonyl (C=O) groups is 2. The van der Waals surface area contributed by atoms with Crippen molar-refractivity contribution in [1.82, 2.24) is 0 Å². The quantitative estimate of drug-likeness (QED) is 0.0759. The van der Waals surface area contributed by atoms with E-state index in [0.717, 1.165) is 0 Å². The zero-order chi connectivity index (χ0) is 22.9. The Morgan fingerprint density at radius 3 is 1.00 bits per heavy atom. The summed E-state index contributed by atoms with van der Waals surface area (Å²) in [5.41, 5.74) is 0. The molecule has 180 valence electrons. The second kappa shape index (κ2) is 38.1. The molecule has 0 saturated carbocycles. The van der Waals surface area contributed by atoms with Gasteiger partial charge in [0, 0.05) is 18.4 Å². The molecule has 0 unspecified atom stereocenters. The fourth-order valence-electron chi connectivity index (χ4n) is 3.54. The second-order valence-electron chi connectivity index (χ2n) is 8.68. The molecule has 0 aliphatic rings. The number of carboxylic acid groups (broad SMARTS) is 2. The molecular weight excluding hydrogens is 429 g/mol. The van der Waals surface area contributed by atoms with Crippen LogP contribution in [0, 0.1) is 5.92 Å². The molecule has 0 amide bonds. The van der Waals surface area contributed by atoms with Crippen LogP contribution in [0.25, 0.3) is 0 Å². The molecule has 0 aromatic rings. The smallest absolute Gasteiger partial charge is 0.550 e. The van der Waals surface area contributed by atoms with E-state index in [2.05, 4.69) is 20.8 Å². The third-order valence-electron chi connectivity index (χ3n) is 5.45. The summed E-state index contributed by atoms with van der Waals surface area (Å²) in [5, 5.41) is 18.6. The first-order valence-electron chi connectivity index (χ1n) is 12.6. The Bertz CT molecular complexity index is 373. The van der Waals surface area contributed by atoms with E-state index < -0.39 is 18.4 Å². The van der Waals surface area contributed by atoms with Crippen molar-refractivity contribution in [3.05, 3.63) is 5.92 Å². The van der Waals surface area contributed by atoms with Crippen molar-refractivity contribution in [3.8, 4) is 0 Å². The molecule has 7 heteroatoms. The van der Waals surface area contributed by atoms with Gasteiger partial charge in [0.1, 0.15) is 0 Å². The van der Waals surface area contributed by atoms with Crippen molar-refractivity contribution in [2.24, 2.45) is 0 Å². The number of rotatable bonds is 21. The Balaban J connectivity index is -0.000000227. The van der Waals surface area contributed by atoms with Crippen LogP contribution >= 0.6 is 0 Å². The molecule has 0 rings (SSSR count). The molecule has 0 spiro atoms. The van der Waals surface area contributed by atoms with E-state index in [-0.39, 0.29) is 78.0 Å². The number of hydrogen-bond donors (Lipinski definition) is 0. The summed E-state index contributed by atoms with van der Waals surface area (Å²) in [7, 11) is 0. The summed E-state index contributed by atoms with van der Waals surface area (Å²) < 4.78 is 0. The SMILES string of the molecule is CCCCCCCCCCCC[C-](C)CCCCCCCCC.O=C([O-])CC(=O)[O-].[Li+].[Na+].[Na+]. The van der Waals surface area contributed by atoms with E-state index in [1.54, 1.807) is 5.92 Å². The third-order valence-corrected chi connectivity index (χ3v) is 5.45. The largest absolute Gasteiger partial charge is 1.00 e. The van der Waals surface area contributed by atoms with Gasteiger partial charge >= 0.3 is 78.0 Å². The third kappa shape index (κ3) is 47.4. The zero-order valence-electron chi connectivity index (χ0n) is 23.3. The summed E-state index contributed by atoms with van der Waals surface area (Å²) in [4.78, 5) is 18.6. The molecule has 0 aliphatic heterocycles. The van der Waals surface area contributed by atoms with E-state index in [0.29, 0.717) is 0 Å². The molecule has 0 fully saturated rings. The molecule has 0 radical (unpaired) electrons. The van der Waals surface area contributed by atoms with Crippen LogP contribution in [0.1, 0.15) is 149 Å². The van der Waals surface area contributed by atoms with Gasteiger partial charge in [-0.05, 0) is 0 Å². The van der Waals surface area contributed by atoms with Gasteiger partial charge in [0.2, 0.25) is 0 Å².